The zero-order valence-corrected chi connectivity index (χ0v) is 18.4. The molecule has 0 amide bonds. The second-order valence-corrected chi connectivity index (χ2v) is 7.76. The van der Waals surface area contributed by atoms with E-state index in [1.165, 1.54) is 12.1 Å². The number of halogens is 4. The highest BCUT2D eigenvalue weighted by Gasteiger charge is 2.26. The molecule has 4 nitrogen and oxygen atoms in total. The largest absolute Gasteiger partial charge is 0.389 e. The number of benzene rings is 2. The number of hydrogen-bond donors (Lipinski definition) is 1. The van der Waals surface area contributed by atoms with Crippen molar-refractivity contribution in [3.8, 4) is 0 Å². The number of nitrogens with zero attached hydrogens (tertiary/aromatic N) is 1. The van der Waals surface area contributed by atoms with Gasteiger partial charge in [-0.1, -0.05) is 53.5 Å². The number of β-amino-alcohol motifs (C(OH)–C–C–N with tert-alkyl or cyclic N) is 1. The van der Waals surface area contributed by atoms with E-state index in [-0.39, 0.29) is 36.2 Å². The van der Waals surface area contributed by atoms with Gasteiger partial charge in [0.1, 0.15) is 5.82 Å². The molecule has 160 valence electrons. The SMILES string of the molecule is CC(OCC(O)CN1CCOC(c2cc(F)c(Cl)cc2Cl)C1)c1ccccc1.Cl. The van der Waals surface area contributed by atoms with Crippen molar-refractivity contribution in [3.05, 3.63) is 69.5 Å². The predicted octanol–water partition coefficient (Wildman–Crippen LogP) is 5.07. The number of morpholine rings is 1. The monoisotopic (exact) mass is 463 g/mol. The summed E-state index contributed by atoms with van der Waals surface area (Å²) < 4.78 is 25.4. The fraction of sp³-hybridized carbons (Fsp3) is 0.429. The summed E-state index contributed by atoms with van der Waals surface area (Å²) in [6.07, 6.45) is -1.10. The Kier molecular flexibility index (Phi) is 9.63. The van der Waals surface area contributed by atoms with Crippen LogP contribution in [0.3, 0.4) is 0 Å². The molecular weight excluding hydrogens is 440 g/mol. The molecule has 0 bridgehead atoms. The van der Waals surface area contributed by atoms with Gasteiger partial charge in [-0.2, -0.15) is 0 Å². The van der Waals surface area contributed by atoms with E-state index in [1.54, 1.807) is 0 Å². The van der Waals surface area contributed by atoms with Crippen LogP contribution in [0.1, 0.15) is 30.3 Å². The van der Waals surface area contributed by atoms with Crippen LogP contribution in [0.2, 0.25) is 10.0 Å². The number of ether oxygens (including phenoxy) is 2. The van der Waals surface area contributed by atoms with Crippen LogP contribution in [0.15, 0.2) is 42.5 Å². The zero-order chi connectivity index (χ0) is 20.1. The second-order valence-electron chi connectivity index (χ2n) is 6.95. The molecule has 1 heterocycles. The lowest BCUT2D eigenvalue weighted by atomic mass is 10.1. The predicted molar refractivity (Wildman–Crippen MR) is 116 cm³/mol. The van der Waals surface area contributed by atoms with Gasteiger partial charge in [-0.25, -0.2) is 4.39 Å². The fourth-order valence-electron chi connectivity index (χ4n) is 3.27. The Morgan fingerprint density at radius 2 is 1.97 bits per heavy atom. The standard InChI is InChI=1S/C21H24Cl2FNO3.ClH/c1-14(15-5-3-2-4-6-15)28-13-16(26)11-25-7-8-27-21(12-25)17-9-20(24)19(23)10-18(17)22;/h2-6,9-10,14,16,21,26H,7-8,11-13H2,1H3;1H. The van der Waals surface area contributed by atoms with Crippen LogP contribution in [-0.4, -0.2) is 49.0 Å². The van der Waals surface area contributed by atoms with Gasteiger partial charge in [0, 0.05) is 30.2 Å². The summed E-state index contributed by atoms with van der Waals surface area (Å²) in [5.74, 6) is -0.523. The molecule has 0 radical (unpaired) electrons. The maximum Gasteiger partial charge on any atom is 0.142 e. The van der Waals surface area contributed by atoms with Crippen molar-refractivity contribution in [2.75, 3.05) is 32.8 Å². The molecule has 0 aliphatic carbocycles. The normalized spacial score (nSPS) is 19.4. The Labute approximate surface area is 186 Å². The third kappa shape index (κ3) is 6.79. The Hall–Kier alpha value is -0.920. The van der Waals surface area contributed by atoms with Gasteiger partial charge >= 0.3 is 0 Å². The first kappa shape index (κ1) is 24.4. The molecule has 1 N–H and O–H groups in total. The van der Waals surface area contributed by atoms with Crippen molar-refractivity contribution in [1.82, 2.24) is 4.90 Å². The molecule has 0 spiro atoms. The van der Waals surface area contributed by atoms with Gasteiger partial charge in [-0.05, 0) is 24.6 Å². The Morgan fingerprint density at radius 3 is 2.69 bits per heavy atom. The second kappa shape index (κ2) is 11.5. The highest BCUT2D eigenvalue weighted by atomic mass is 35.5. The summed E-state index contributed by atoms with van der Waals surface area (Å²) in [6, 6.07) is 12.6. The molecule has 1 fully saturated rings. The van der Waals surface area contributed by atoms with Crippen LogP contribution in [0.25, 0.3) is 0 Å². The molecule has 8 heteroatoms. The van der Waals surface area contributed by atoms with Crippen molar-refractivity contribution < 1.29 is 19.0 Å². The zero-order valence-electron chi connectivity index (χ0n) is 16.1. The number of aliphatic hydroxyl groups excluding tert-OH is 1. The highest BCUT2D eigenvalue weighted by molar-refractivity contribution is 6.35. The summed E-state index contributed by atoms with van der Waals surface area (Å²) >= 11 is 12.0. The van der Waals surface area contributed by atoms with Crippen LogP contribution in [-0.2, 0) is 9.47 Å². The molecule has 2 aromatic rings. The molecule has 2 aromatic carbocycles. The van der Waals surface area contributed by atoms with E-state index in [0.717, 1.165) is 5.56 Å². The van der Waals surface area contributed by atoms with Crippen LogP contribution >= 0.6 is 35.6 Å². The average molecular weight is 465 g/mol. The lowest BCUT2D eigenvalue weighted by molar-refractivity contribution is -0.0594. The highest BCUT2D eigenvalue weighted by Crippen LogP contribution is 2.32. The van der Waals surface area contributed by atoms with E-state index in [4.69, 9.17) is 32.7 Å². The van der Waals surface area contributed by atoms with Gasteiger partial charge in [0.15, 0.2) is 0 Å². The maximum atomic E-state index is 13.8. The van der Waals surface area contributed by atoms with Gasteiger partial charge in [0.05, 0.1) is 36.5 Å². The fourth-order valence-corrected chi connectivity index (χ4v) is 3.77. The summed E-state index contributed by atoms with van der Waals surface area (Å²) in [5, 5.41) is 10.7. The molecular formula is C21H25Cl3FNO3. The minimum absolute atomic E-state index is 0. The van der Waals surface area contributed by atoms with Crippen LogP contribution in [0.4, 0.5) is 4.39 Å². The first-order valence-electron chi connectivity index (χ1n) is 9.27. The van der Waals surface area contributed by atoms with E-state index in [2.05, 4.69) is 4.90 Å². The topological polar surface area (TPSA) is 41.9 Å². The lowest BCUT2D eigenvalue weighted by Gasteiger charge is -2.34. The molecule has 0 aromatic heterocycles. The smallest absolute Gasteiger partial charge is 0.142 e. The van der Waals surface area contributed by atoms with E-state index >= 15 is 0 Å². The quantitative estimate of drug-likeness (QED) is 0.581. The van der Waals surface area contributed by atoms with Gasteiger partial charge in [0.2, 0.25) is 0 Å². The Balaban J connectivity index is 0.00000300. The van der Waals surface area contributed by atoms with Crippen molar-refractivity contribution in [1.29, 1.82) is 0 Å². The minimum Gasteiger partial charge on any atom is -0.389 e. The number of rotatable bonds is 7. The lowest BCUT2D eigenvalue weighted by Crippen LogP contribution is -2.43. The van der Waals surface area contributed by atoms with Crippen LogP contribution < -0.4 is 0 Å². The van der Waals surface area contributed by atoms with Crippen molar-refractivity contribution >= 4 is 35.6 Å². The number of aliphatic hydroxyl groups is 1. The molecule has 0 saturated carbocycles. The van der Waals surface area contributed by atoms with Crippen LogP contribution in [0.5, 0.6) is 0 Å². The third-order valence-corrected chi connectivity index (χ3v) is 5.43. The first-order valence-corrected chi connectivity index (χ1v) is 10.0. The van der Waals surface area contributed by atoms with Crippen molar-refractivity contribution in [2.45, 2.75) is 25.2 Å². The Bertz CT molecular complexity index is 781. The van der Waals surface area contributed by atoms with Crippen molar-refractivity contribution in [2.24, 2.45) is 0 Å². The van der Waals surface area contributed by atoms with E-state index in [1.807, 2.05) is 37.3 Å². The van der Waals surface area contributed by atoms with E-state index in [9.17, 15) is 9.50 Å². The minimum atomic E-state index is -0.637. The summed E-state index contributed by atoms with van der Waals surface area (Å²) in [4.78, 5) is 2.07. The number of hydrogen-bond acceptors (Lipinski definition) is 4. The molecule has 1 aliphatic rings. The molecule has 3 rings (SSSR count). The van der Waals surface area contributed by atoms with Crippen LogP contribution in [0, 0.1) is 5.82 Å². The summed E-state index contributed by atoms with van der Waals surface area (Å²) in [5.41, 5.74) is 1.64. The maximum absolute atomic E-state index is 13.8. The first-order chi connectivity index (χ1) is 13.4. The molecule has 1 aliphatic heterocycles. The van der Waals surface area contributed by atoms with E-state index in [0.29, 0.717) is 36.8 Å². The average Bonchev–Trinajstić information content (AvgIpc) is 2.70. The summed E-state index contributed by atoms with van der Waals surface area (Å²) in [6.45, 7) is 4.29. The van der Waals surface area contributed by atoms with Gasteiger partial charge < -0.3 is 14.6 Å². The summed E-state index contributed by atoms with van der Waals surface area (Å²) in [7, 11) is 0. The van der Waals surface area contributed by atoms with Gasteiger partial charge in [-0.15, -0.1) is 12.4 Å². The molecule has 1 saturated heterocycles. The molecule has 3 unspecified atom stereocenters. The molecule has 29 heavy (non-hydrogen) atoms. The van der Waals surface area contributed by atoms with E-state index < -0.39 is 11.9 Å². The third-order valence-electron chi connectivity index (χ3n) is 4.81. The Morgan fingerprint density at radius 1 is 1.24 bits per heavy atom. The van der Waals surface area contributed by atoms with Gasteiger partial charge in [0.25, 0.3) is 0 Å². The van der Waals surface area contributed by atoms with Crippen molar-refractivity contribution in [3.63, 3.8) is 0 Å². The van der Waals surface area contributed by atoms with Gasteiger partial charge in [-0.3, -0.25) is 4.90 Å². The molecule has 3 atom stereocenters.